The molecule has 10 nitrogen and oxygen atoms in total. The molecular weight excluding hydrogens is 436 g/mol. The lowest BCUT2D eigenvalue weighted by Crippen LogP contribution is -2.61. The molecule has 1 aromatic heterocycles. The van der Waals surface area contributed by atoms with Crippen LogP contribution in [0.2, 0.25) is 0 Å². The first-order valence-electron chi connectivity index (χ1n) is 10.0. The van der Waals surface area contributed by atoms with Crippen molar-refractivity contribution >= 4 is 28.0 Å². The summed E-state index contributed by atoms with van der Waals surface area (Å²) in [4.78, 5) is 28.7. The molecule has 0 radical (unpaired) electrons. The fraction of sp³-hybridized carbons (Fsp3) is 0.381. The Balaban J connectivity index is 1.92. The Hall–Kier alpha value is -3.18. The van der Waals surface area contributed by atoms with Crippen molar-refractivity contribution in [1.29, 1.82) is 0 Å². The SMILES string of the molecule is COC(=O)c1ccc(CN(c2ccccc2)S(=O)(=O)N2C[C@@H](C)N(C(=O)O)[C@@H](C)C2)nc1. The van der Waals surface area contributed by atoms with Crippen LogP contribution in [-0.4, -0.2) is 72.1 Å². The molecule has 0 spiro atoms. The number of carbonyl (C=O) groups is 2. The van der Waals surface area contributed by atoms with Crippen molar-refractivity contribution < 1.29 is 27.9 Å². The first-order valence-corrected chi connectivity index (χ1v) is 11.4. The van der Waals surface area contributed by atoms with Gasteiger partial charge in [0, 0.05) is 31.4 Å². The molecule has 1 aliphatic heterocycles. The highest BCUT2D eigenvalue weighted by Gasteiger charge is 2.40. The van der Waals surface area contributed by atoms with E-state index in [2.05, 4.69) is 9.72 Å². The number of methoxy groups -OCH3 is 1. The summed E-state index contributed by atoms with van der Waals surface area (Å²) in [5.74, 6) is -0.532. The normalized spacial score (nSPS) is 19.4. The average molecular weight is 463 g/mol. The highest BCUT2D eigenvalue weighted by atomic mass is 32.2. The van der Waals surface area contributed by atoms with Crippen LogP contribution in [0, 0.1) is 0 Å². The van der Waals surface area contributed by atoms with Gasteiger partial charge in [-0.3, -0.25) is 9.29 Å². The first-order chi connectivity index (χ1) is 15.1. The Morgan fingerprint density at radius 1 is 1.12 bits per heavy atom. The number of piperazine rings is 1. The summed E-state index contributed by atoms with van der Waals surface area (Å²) >= 11 is 0. The topological polar surface area (TPSA) is 120 Å². The molecule has 0 unspecified atom stereocenters. The third kappa shape index (κ3) is 4.83. The molecule has 3 rings (SSSR count). The minimum Gasteiger partial charge on any atom is -0.465 e. The maximum absolute atomic E-state index is 13.7. The molecule has 0 bridgehead atoms. The van der Waals surface area contributed by atoms with E-state index in [-0.39, 0.29) is 25.2 Å². The van der Waals surface area contributed by atoms with Crippen molar-refractivity contribution in [3.8, 4) is 0 Å². The summed E-state index contributed by atoms with van der Waals surface area (Å²) in [6, 6.07) is 10.7. The van der Waals surface area contributed by atoms with Crippen LogP contribution >= 0.6 is 0 Å². The number of benzene rings is 1. The third-order valence-electron chi connectivity index (χ3n) is 5.31. The van der Waals surface area contributed by atoms with Crippen molar-refractivity contribution in [2.75, 3.05) is 24.5 Å². The predicted molar refractivity (Wildman–Crippen MR) is 117 cm³/mol. The number of hydrogen-bond donors (Lipinski definition) is 1. The number of anilines is 1. The molecule has 1 aromatic carbocycles. The summed E-state index contributed by atoms with van der Waals surface area (Å²) in [6.07, 6.45) is 0.268. The van der Waals surface area contributed by atoms with E-state index in [9.17, 15) is 23.1 Å². The molecular formula is C21H26N4O6S. The Kier molecular flexibility index (Phi) is 6.99. The monoisotopic (exact) mass is 462 g/mol. The van der Waals surface area contributed by atoms with E-state index in [1.165, 1.54) is 32.9 Å². The van der Waals surface area contributed by atoms with Crippen LogP contribution in [0.1, 0.15) is 29.9 Å². The molecule has 1 saturated heterocycles. The molecule has 2 aromatic rings. The lowest BCUT2D eigenvalue weighted by molar-refractivity contribution is 0.0599. The number of hydrogen-bond acceptors (Lipinski definition) is 6. The number of pyridine rings is 1. The van der Waals surface area contributed by atoms with Crippen molar-refractivity contribution in [2.45, 2.75) is 32.5 Å². The van der Waals surface area contributed by atoms with E-state index in [1.807, 2.05) is 0 Å². The molecule has 0 aliphatic carbocycles. The number of ether oxygens (including phenoxy) is 1. The maximum Gasteiger partial charge on any atom is 0.407 e. The summed E-state index contributed by atoms with van der Waals surface area (Å²) in [5.41, 5.74) is 1.15. The number of carbonyl (C=O) groups excluding carboxylic acids is 1. The summed E-state index contributed by atoms with van der Waals surface area (Å²) in [7, 11) is -2.74. The Morgan fingerprint density at radius 2 is 1.75 bits per heavy atom. The highest BCUT2D eigenvalue weighted by Crippen LogP contribution is 2.26. The molecule has 1 amide bonds. The van der Waals surface area contributed by atoms with Gasteiger partial charge in [-0.2, -0.15) is 12.7 Å². The van der Waals surface area contributed by atoms with Gasteiger partial charge in [-0.05, 0) is 38.1 Å². The summed E-state index contributed by atoms with van der Waals surface area (Å²) in [5, 5.41) is 9.44. The molecule has 11 heteroatoms. The lowest BCUT2D eigenvalue weighted by atomic mass is 10.1. The number of rotatable bonds is 6. The molecule has 1 fully saturated rings. The van der Waals surface area contributed by atoms with Crippen molar-refractivity contribution in [1.82, 2.24) is 14.2 Å². The van der Waals surface area contributed by atoms with Gasteiger partial charge in [0.2, 0.25) is 0 Å². The molecule has 2 atom stereocenters. The van der Waals surface area contributed by atoms with Crippen molar-refractivity contribution in [2.24, 2.45) is 0 Å². The van der Waals surface area contributed by atoms with Gasteiger partial charge in [-0.25, -0.2) is 9.59 Å². The quantitative estimate of drug-likeness (QED) is 0.653. The van der Waals surface area contributed by atoms with Gasteiger partial charge in [0.15, 0.2) is 0 Å². The average Bonchev–Trinajstić information content (AvgIpc) is 2.77. The molecule has 172 valence electrons. The number of aromatic nitrogens is 1. The molecule has 32 heavy (non-hydrogen) atoms. The minimum atomic E-state index is -4.01. The summed E-state index contributed by atoms with van der Waals surface area (Å²) in [6.45, 7) is 3.39. The zero-order valence-corrected chi connectivity index (χ0v) is 18.9. The summed E-state index contributed by atoms with van der Waals surface area (Å²) < 4.78 is 34.5. The van der Waals surface area contributed by atoms with Gasteiger partial charge in [-0.1, -0.05) is 18.2 Å². The number of para-hydroxylation sites is 1. The van der Waals surface area contributed by atoms with Crippen molar-refractivity contribution in [3.05, 3.63) is 59.9 Å². The zero-order chi connectivity index (χ0) is 23.5. The van der Waals surface area contributed by atoms with E-state index in [1.54, 1.807) is 50.2 Å². The van der Waals surface area contributed by atoms with E-state index >= 15 is 0 Å². The van der Waals surface area contributed by atoms with Gasteiger partial charge < -0.3 is 14.7 Å². The lowest BCUT2D eigenvalue weighted by Gasteiger charge is -2.43. The molecule has 0 saturated carbocycles. The Labute approximate surface area is 187 Å². The van der Waals surface area contributed by atoms with Gasteiger partial charge in [-0.15, -0.1) is 0 Å². The Bertz CT molecular complexity index is 1050. The largest absolute Gasteiger partial charge is 0.465 e. The standard InChI is InChI=1S/C21H26N4O6S/c1-15-12-23(13-16(2)25(15)21(27)28)32(29,30)24(19-7-5-4-6-8-19)14-18-10-9-17(11-22-18)20(26)31-3/h4-11,15-16H,12-14H2,1-3H3,(H,27,28)/t15-,16+. The molecule has 1 aliphatic rings. The number of carboxylic acid groups (broad SMARTS) is 1. The van der Waals surface area contributed by atoms with E-state index in [0.29, 0.717) is 11.4 Å². The van der Waals surface area contributed by atoms with Crippen LogP contribution in [0.5, 0.6) is 0 Å². The predicted octanol–water partition coefficient (Wildman–Crippen LogP) is 2.19. The van der Waals surface area contributed by atoms with Crippen LogP contribution < -0.4 is 4.31 Å². The Morgan fingerprint density at radius 3 is 2.25 bits per heavy atom. The van der Waals surface area contributed by atoms with Gasteiger partial charge in [0.1, 0.15) is 0 Å². The van der Waals surface area contributed by atoms with E-state index < -0.39 is 34.4 Å². The van der Waals surface area contributed by atoms with Crippen LogP contribution in [-0.2, 0) is 21.5 Å². The fourth-order valence-corrected chi connectivity index (χ4v) is 5.55. The second-order valence-electron chi connectivity index (χ2n) is 7.58. The van der Waals surface area contributed by atoms with E-state index in [0.717, 1.165) is 0 Å². The van der Waals surface area contributed by atoms with Crippen molar-refractivity contribution in [3.63, 3.8) is 0 Å². The number of amides is 1. The molecule has 2 heterocycles. The smallest absolute Gasteiger partial charge is 0.407 e. The van der Waals surface area contributed by atoms with E-state index in [4.69, 9.17) is 0 Å². The second-order valence-corrected chi connectivity index (χ2v) is 9.44. The fourth-order valence-electron chi connectivity index (χ4n) is 3.78. The number of esters is 1. The maximum atomic E-state index is 13.7. The van der Waals surface area contributed by atoms with Gasteiger partial charge in [0.25, 0.3) is 0 Å². The van der Waals surface area contributed by atoms with Crippen LogP contribution in [0.4, 0.5) is 10.5 Å². The first kappa shape index (κ1) is 23.5. The highest BCUT2D eigenvalue weighted by molar-refractivity contribution is 7.90. The van der Waals surface area contributed by atoms with Crippen LogP contribution in [0.15, 0.2) is 48.7 Å². The minimum absolute atomic E-state index is 0.0387. The molecule has 1 N–H and O–H groups in total. The van der Waals surface area contributed by atoms with Crippen LogP contribution in [0.25, 0.3) is 0 Å². The zero-order valence-electron chi connectivity index (χ0n) is 18.1. The van der Waals surface area contributed by atoms with Gasteiger partial charge in [0.05, 0.1) is 30.6 Å². The second kappa shape index (κ2) is 9.53. The van der Waals surface area contributed by atoms with Gasteiger partial charge >= 0.3 is 22.3 Å². The number of nitrogens with zero attached hydrogens (tertiary/aromatic N) is 4. The van der Waals surface area contributed by atoms with Crippen LogP contribution in [0.3, 0.4) is 0 Å². The third-order valence-corrected chi connectivity index (χ3v) is 7.15.